The van der Waals surface area contributed by atoms with Crippen LogP contribution in [0, 0.1) is 5.82 Å². The van der Waals surface area contributed by atoms with E-state index < -0.39 is 5.82 Å². The van der Waals surface area contributed by atoms with Gasteiger partial charge in [-0.2, -0.15) is 0 Å². The molecule has 1 saturated heterocycles. The Balaban J connectivity index is 1.93. The van der Waals surface area contributed by atoms with Gasteiger partial charge in [-0.1, -0.05) is 58.1 Å². The van der Waals surface area contributed by atoms with Crippen LogP contribution in [0.2, 0.25) is 0 Å². The molecule has 110 valence electrons. The summed E-state index contributed by atoms with van der Waals surface area (Å²) in [6.45, 7) is 0. The summed E-state index contributed by atoms with van der Waals surface area (Å²) in [6.07, 6.45) is 1.78. The van der Waals surface area contributed by atoms with Gasteiger partial charge in [0.15, 0.2) is 4.32 Å². The molecule has 0 unspecified atom stereocenters. The minimum atomic E-state index is -0.400. The molecule has 0 spiro atoms. The number of rotatable bonds is 2. The van der Waals surface area contributed by atoms with Crippen molar-refractivity contribution in [1.29, 1.82) is 0 Å². The number of hydrogen-bond acceptors (Lipinski definition) is 3. The van der Waals surface area contributed by atoms with Crippen LogP contribution in [-0.4, -0.2) is 10.2 Å². The fourth-order valence-electron chi connectivity index (χ4n) is 2.02. The number of benzene rings is 2. The summed E-state index contributed by atoms with van der Waals surface area (Å²) >= 11 is 9.84. The first kappa shape index (κ1) is 15.4. The van der Waals surface area contributed by atoms with Crippen molar-refractivity contribution in [2.75, 3.05) is 4.90 Å². The van der Waals surface area contributed by atoms with Crippen molar-refractivity contribution < 1.29 is 9.18 Å². The second-order valence-electron chi connectivity index (χ2n) is 4.55. The number of hydrogen-bond donors (Lipinski definition) is 0. The van der Waals surface area contributed by atoms with Crippen molar-refractivity contribution in [1.82, 2.24) is 0 Å². The molecule has 2 aromatic rings. The Morgan fingerprint density at radius 3 is 2.59 bits per heavy atom. The maximum absolute atomic E-state index is 13.3. The molecule has 3 rings (SSSR count). The van der Waals surface area contributed by atoms with Crippen LogP contribution in [0.15, 0.2) is 57.9 Å². The number of thioether (sulfide) groups is 1. The van der Waals surface area contributed by atoms with Gasteiger partial charge in [0.1, 0.15) is 5.82 Å². The third kappa shape index (κ3) is 3.14. The van der Waals surface area contributed by atoms with Gasteiger partial charge in [0.25, 0.3) is 5.91 Å². The summed E-state index contributed by atoms with van der Waals surface area (Å²) in [5, 5.41) is 0. The van der Waals surface area contributed by atoms with Crippen molar-refractivity contribution in [3.63, 3.8) is 0 Å². The Morgan fingerprint density at radius 1 is 1.18 bits per heavy atom. The lowest BCUT2D eigenvalue weighted by atomic mass is 10.2. The van der Waals surface area contributed by atoms with Gasteiger partial charge in [-0.15, -0.1) is 0 Å². The normalized spacial score (nSPS) is 16.6. The van der Waals surface area contributed by atoms with Crippen LogP contribution in [0.25, 0.3) is 6.08 Å². The van der Waals surface area contributed by atoms with Crippen molar-refractivity contribution in [2.24, 2.45) is 0 Å². The molecule has 6 heteroatoms. The average Bonchev–Trinajstić information content (AvgIpc) is 2.76. The van der Waals surface area contributed by atoms with Crippen LogP contribution in [0.1, 0.15) is 5.56 Å². The standard InChI is InChI=1S/C16H9BrFNOS2/c17-11-6-4-10(5-7-11)8-14-15(20)19(16(21)22-14)13-3-1-2-12(18)9-13/h1-9H. The minimum Gasteiger partial charge on any atom is -0.268 e. The van der Waals surface area contributed by atoms with Crippen LogP contribution in [0.4, 0.5) is 10.1 Å². The first-order valence-corrected chi connectivity index (χ1v) is 8.35. The van der Waals surface area contributed by atoms with Gasteiger partial charge in [-0.25, -0.2) is 4.39 Å². The van der Waals surface area contributed by atoms with E-state index in [0.29, 0.717) is 14.9 Å². The minimum absolute atomic E-state index is 0.233. The number of anilines is 1. The summed E-state index contributed by atoms with van der Waals surface area (Å²) < 4.78 is 14.7. The average molecular weight is 394 g/mol. The fourth-order valence-corrected chi connectivity index (χ4v) is 3.58. The number of carbonyl (C=O) groups is 1. The SMILES string of the molecule is O=C1C(=Cc2ccc(Br)cc2)SC(=S)N1c1cccc(F)c1. The molecule has 1 aliphatic rings. The maximum atomic E-state index is 13.3. The van der Waals surface area contributed by atoms with Crippen LogP contribution in [-0.2, 0) is 4.79 Å². The number of nitrogens with zero attached hydrogens (tertiary/aromatic N) is 1. The van der Waals surface area contributed by atoms with E-state index in [0.717, 1.165) is 10.0 Å². The van der Waals surface area contributed by atoms with Gasteiger partial charge in [0.2, 0.25) is 0 Å². The van der Waals surface area contributed by atoms with Gasteiger partial charge >= 0.3 is 0 Å². The van der Waals surface area contributed by atoms with Crippen LogP contribution in [0.3, 0.4) is 0 Å². The molecule has 1 heterocycles. The van der Waals surface area contributed by atoms with E-state index in [9.17, 15) is 9.18 Å². The molecule has 22 heavy (non-hydrogen) atoms. The smallest absolute Gasteiger partial charge is 0.268 e. The number of halogens is 2. The lowest BCUT2D eigenvalue weighted by Gasteiger charge is -2.14. The van der Waals surface area contributed by atoms with E-state index in [1.54, 1.807) is 18.2 Å². The van der Waals surface area contributed by atoms with Gasteiger partial charge in [-0.3, -0.25) is 9.69 Å². The molecule has 0 radical (unpaired) electrons. The maximum Gasteiger partial charge on any atom is 0.270 e. The molecular weight excluding hydrogens is 385 g/mol. The molecule has 0 bridgehead atoms. The highest BCUT2D eigenvalue weighted by Gasteiger charge is 2.33. The molecular formula is C16H9BrFNOS2. The second-order valence-corrected chi connectivity index (χ2v) is 7.14. The zero-order valence-corrected chi connectivity index (χ0v) is 14.3. The summed E-state index contributed by atoms with van der Waals surface area (Å²) in [7, 11) is 0. The molecule has 0 aliphatic carbocycles. The fraction of sp³-hybridized carbons (Fsp3) is 0. The van der Waals surface area contributed by atoms with Gasteiger partial charge in [0, 0.05) is 4.47 Å². The zero-order valence-electron chi connectivity index (χ0n) is 11.1. The van der Waals surface area contributed by atoms with Crippen molar-refractivity contribution >= 4 is 61.9 Å². The molecule has 1 aliphatic heterocycles. The van der Waals surface area contributed by atoms with E-state index in [-0.39, 0.29) is 5.91 Å². The first-order chi connectivity index (χ1) is 10.5. The van der Waals surface area contributed by atoms with E-state index >= 15 is 0 Å². The lowest BCUT2D eigenvalue weighted by molar-refractivity contribution is -0.113. The van der Waals surface area contributed by atoms with E-state index in [4.69, 9.17) is 12.2 Å². The van der Waals surface area contributed by atoms with Crippen LogP contribution >= 0.6 is 39.9 Å². The quantitative estimate of drug-likeness (QED) is 0.529. The molecule has 1 fully saturated rings. The molecule has 2 nitrogen and oxygen atoms in total. The molecule has 0 N–H and O–H groups in total. The lowest BCUT2D eigenvalue weighted by Crippen LogP contribution is -2.27. The monoisotopic (exact) mass is 393 g/mol. The first-order valence-electron chi connectivity index (χ1n) is 6.34. The van der Waals surface area contributed by atoms with Crippen LogP contribution in [0.5, 0.6) is 0 Å². The van der Waals surface area contributed by atoms with Crippen LogP contribution < -0.4 is 4.90 Å². The van der Waals surface area contributed by atoms with Crippen molar-refractivity contribution in [2.45, 2.75) is 0 Å². The molecule has 0 aromatic heterocycles. The molecule has 0 atom stereocenters. The number of carbonyl (C=O) groups excluding carboxylic acids is 1. The van der Waals surface area contributed by atoms with Crippen molar-refractivity contribution in [3.05, 3.63) is 69.3 Å². The Bertz CT molecular complexity index is 789. The molecule has 2 aromatic carbocycles. The Hall–Kier alpha value is -1.50. The van der Waals surface area contributed by atoms with E-state index in [2.05, 4.69) is 15.9 Å². The largest absolute Gasteiger partial charge is 0.270 e. The highest BCUT2D eigenvalue weighted by molar-refractivity contribution is 9.10. The topological polar surface area (TPSA) is 20.3 Å². The number of amides is 1. The summed E-state index contributed by atoms with van der Waals surface area (Å²) in [6, 6.07) is 13.5. The van der Waals surface area contributed by atoms with Gasteiger partial charge in [-0.05, 0) is 42.0 Å². The summed E-state index contributed by atoms with van der Waals surface area (Å²) in [5.74, 6) is -0.632. The van der Waals surface area contributed by atoms with Crippen molar-refractivity contribution in [3.8, 4) is 0 Å². The Morgan fingerprint density at radius 2 is 1.91 bits per heavy atom. The number of thiocarbonyl (C=S) groups is 1. The Kier molecular flexibility index (Phi) is 4.42. The predicted molar refractivity (Wildman–Crippen MR) is 96.2 cm³/mol. The highest BCUT2D eigenvalue weighted by atomic mass is 79.9. The predicted octanol–water partition coefficient (Wildman–Crippen LogP) is 4.99. The molecule has 0 saturated carbocycles. The van der Waals surface area contributed by atoms with E-state index in [1.807, 2.05) is 24.3 Å². The zero-order chi connectivity index (χ0) is 15.7. The van der Waals surface area contributed by atoms with E-state index in [1.165, 1.54) is 28.8 Å². The molecule has 1 amide bonds. The highest BCUT2D eigenvalue weighted by Crippen LogP contribution is 2.36. The third-order valence-electron chi connectivity index (χ3n) is 3.03. The second kappa shape index (κ2) is 6.32. The summed E-state index contributed by atoms with van der Waals surface area (Å²) in [5.41, 5.74) is 1.35. The third-order valence-corrected chi connectivity index (χ3v) is 4.86. The van der Waals surface area contributed by atoms with Gasteiger partial charge < -0.3 is 0 Å². The van der Waals surface area contributed by atoms with Gasteiger partial charge in [0.05, 0.1) is 10.6 Å². The summed E-state index contributed by atoms with van der Waals surface area (Å²) in [4.78, 5) is 14.4. The Labute approximate surface area is 145 Å².